The normalized spacial score (nSPS) is 24.3. The van der Waals surface area contributed by atoms with Crippen molar-refractivity contribution in [1.82, 2.24) is 15.3 Å². The van der Waals surface area contributed by atoms with Crippen LogP contribution in [-0.4, -0.2) is 23.0 Å². The maximum absolute atomic E-state index is 13.2. The van der Waals surface area contributed by atoms with Crippen molar-refractivity contribution in [3.8, 4) is 5.75 Å². The fraction of sp³-hybridized carbons (Fsp3) is 0.292. The quantitative estimate of drug-likeness (QED) is 0.644. The van der Waals surface area contributed by atoms with Crippen LogP contribution in [0.4, 0.5) is 0 Å². The summed E-state index contributed by atoms with van der Waals surface area (Å²) in [4.78, 5) is 33.5. The molecule has 2 N–H and O–H groups in total. The molecule has 2 bridgehead atoms. The van der Waals surface area contributed by atoms with Crippen molar-refractivity contribution in [2.24, 2.45) is 17.8 Å². The monoisotopic (exact) mass is 401 g/mol. The second kappa shape index (κ2) is 7.44. The molecule has 3 aromatic rings. The van der Waals surface area contributed by atoms with Crippen molar-refractivity contribution in [3.05, 3.63) is 82.4 Å². The summed E-state index contributed by atoms with van der Waals surface area (Å²) >= 11 is 0. The number of allylic oxidation sites excluding steroid dienone is 2. The Hall–Kier alpha value is -3.41. The third-order valence-electron chi connectivity index (χ3n) is 6.35. The third-order valence-corrected chi connectivity index (χ3v) is 6.35. The first-order valence-electron chi connectivity index (χ1n) is 10.2. The number of hydrogen-bond donors (Lipinski definition) is 2. The van der Waals surface area contributed by atoms with E-state index in [1.807, 2.05) is 42.5 Å². The summed E-state index contributed by atoms with van der Waals surface area (Å²) in [5.74, 6) is 1.33. The Morgan fingerprint density at radius 2 is 1.90 bits per heavy atom. The summed E-state index contributed by atoms with van der Waals surface area (Å²) in [6.45, 7) is 0.398. The van der Waals surface area contributed by atoms with Gasteiger partial charge in [0, 0.05) is 18.0 Å². The second-order valence-corrected chi connectivity index (χ2v) is 8.00. The van der Waals surface area contributed by atoms with Gasteiger partial charge >= 0.3 is 0 Å². The number of nitrogens with zero attached hydrogens (tertiary/aromatic N) is 1. The maximum atomic E-state index is 13.2. The highest BCUT2D eigenvalue weighted by Gasteiger charge is 2.49. The number of aromatic amines is 1. The molecule has 6 heteroatoms. The highest BCUT2D eigenvalue weighted by atomic mass is 16.5. The number of rotatable bonds is 5. The molecule has 2 aromatic carbocycles. The van der Waals surface area contributed by atoms with Crippen molar-refractivity contribution in [2.45, 2.75) is 18.9 Å². The lowest BCUT2D eigenvalue weighted by molar-refractivity contribution is -0.126. The van der Waals surface area contributed by atoms with E-state index in [9.17, 15) is 9.59 Å². The summed E-state index contributed by atoms with van der Waals surface area (Å²) in [5.41, 5.74) is 1.44. The number of ether oxygens (including phenoxy) is 1. The van der Waals surface area contributed by atoms with Gasteiger partial charge in [-0.05, 0) is 36.5 Å². The van der Waals surface area contributed by atoms with Gasteiger partial charge in [-0.15, -0.1) is 0 Å². The lowest BCUT2D eigenvalue weighted by atomic mass is 9.81. The van der Waals surface area contributed by atoms with Gasteiger partial charge in [-0.2, -0.15) is 0 Å². The molecule has 152 valence electrons. The van der Waals surface area contributed by atoms with E-state index in [0.717, 1.165) is 17.7 Å². The Kier molecular flexibility index (Phi) is 4.62. The third kappa shape index (κ3) is 3.09. The van der Waals surface area contributed by atoms with Gasteiger partial charge in [-0.25, -0.2) is 4.98 Å². The predicted octanol–water partition coefficient (Wildman–Crippen LogP) is 3.15. The zero-order valence-corrected chi connectivity index (χ0v) is 16.7. The first kappa shape index (κ1) is 18.6. The number of fused-ring (bicyclic) bond motifs is 3. The number of methoxy groups -OCH3 is 1. The van der Waals surface area contributed by atoms with Gasteiger partial charge in [0.1, 0.15) is 11.6 Å². The molecular formula is C24H23N3O3. The van der Waals surface area contributed by atoms with Gasteiger partial charge in [0.25, 0.3) is 5.56 Å². The van der Waals surface area contributed by atoms with Crippen molar-refractivity contribution in [1.29, 1.82) is 0 Å². The SMILES string of the molecule is COc1ccccc1CNC(=O)[C@@H]1[C@@H](c2nc3ccccc3c(=O)[nH]2)[C@H]2C=C[C@@H]1C2. The number of aromatic nitrogens is 2. The van der Waals surface area contributed by atoms with E-state index < -0.39 is 0 Å². The number of para-hydroxylation sites is 2. The number of hydrogen-bond acceptors (Lipinski definition) is 4. The van der Waals surface area contributed by atoms with Crippen LogP contribution in [0.1, 0.15) is 23.7 Å². The lowest BCUT2D eigenvalue weighted by Gasteiger charge is -2.26. The zero-order chi connectivity index (χ0) is 20.7. The molecule has 0 aliphatic heterocycles. The Bertz CT molecular complexity index is 1200. The summed E-state index contributed by atoms with van der Waals surface area (Å²) in [6, 6.07) is 15.0. The lowest BCUT2D eigenvalue weighted by Crippen LogP contribution is -2.37. The van der Waals surface area contributed by atoms with Gasteiger partial charge in [-0.1, -0.05) is 42.5 Å². The number of benzene rings is 2. The average molecular weight is 401 g/mol. The second-order valence-electron chi connectivity index (χ2n) is 8.00. The van der Waals surface area contributed by atoms with Gasteiger partial charge < -0.3 is 15.0 Å². The standard InChI is InChI=1S/C24H23N3O3/c1-30-19-9-5-2-6-16(19)13-25-24(29)21-15-11-10-14(12-15)20(21)22-26-18-8-4-3-7-17(18)23(28)27-22/h2-11,14-15,20-21H,12-13H2,1H3,(H,25,29)(H,26,27,28)/t14-,15+,20-,21-/m0/s1. The summed E-state index contributed by atoms with van der Waals surface area (Å²) in [6.07, 6.45) is 5.20. The molecular weight excluding hydrogens is 378 g/mol. The number of carbonyl (C=O) groups is 1. The molecule has 2 aliphatic rings. The minimum absolute atomic E-state index is 0.0152. The summed E-state index contributed by atoms with van der Waals surface area (Å²) in [5, 5.41) is 3.65. The molecule has 4 atom stereocenters. The molecule has 1 fully saturated rings. The molecule has 5 rings (SSSR count). The van der Waals surface area contributed by atoms with Crippen molar-refractivity contribution >= 4 is 16.8 Å². The first-order chi connectivity index (χ1) is 14.7. The molecule has 1 heterocycles. The van der Waals surface area contributed by atoms with Crippen LogP contribution in [0.25, 0.3) is 10.9 Å². The fourth-order valence-corrected chi connectivity index (χ4v) is 4.96. The van der Waals surface area contributed by atoms with Crippen LogP contribution in [0.2, 0.25) is 0 Å². The van der Waals surface area contributed by atoms with Crippen LogP contribution in [0.5, 0.6) is 5.75 Å². The van der Waals surface area contributed by atoms with Gasteiger partial charge in [-0.3, -0.25) is 9.59 Å². The Labute approximate surface area is 174 Å². The van der Waals surface area contributed by atoms with Crippen LogP contribution < -0.4 is 15.6 Å². The fourth-order valence-electron chi connectivity index (χ4n) is 4.96. The highest BCUT2D eigenvalue weighted by Crippen LogP contribution is 2.52. The van der Waals surface area contributed by atoms with E-state index >= 15 is 0 Å². The predicted molar refractivity (Wildman–Crippen MR) is 114 cm³/mol. The number of nitrogens with one attached hydrogen (secondary N) is 2. The van der Waals surface area contributed by atoms with E-state index in [1.165, 1.54) is 0 Å². The van der Waals surface area contributed by atoms with Crippen LogP contribution >= 0.6 is 0 Å². The Balaban J connectivity index is 1.44. The molecule has 1 aromatic heterocycles. The van der Waals surface area contributed by atoms with E-state index in [0.29, 0.717) is 23.3 Å². The van der Waals surface area contributed by atoms with Crippen LogP contribution in [0, 0.1) is 17.8 Å². The van der Waals surface area contributed by atoms with Gasteiger partial charge in [0.15, 0.2) is 0 Å². The van der Waals surface area contributed by atoms with Crippen LogP contribution in [-0.2, 0) is 11.3 Å². The smallest absolute Gasteiger partial charge is 0.258 e. The van der Waals surface area contributed by atoms with Crippen LogP contribution in [0.3, 0.4) is 0 Å². The highest BCUT2D eigenvalue weighted by molar-refractivity contribution is 5.82. The van der Waals surface area contributed by atoms with Gasteiger partial charge in [0.2, 0.25) is 5.91 Å². The molecule has 30 heavy (non-hydrogen) atoms. The number of amides is 1. The molecule has 0 saturated heterocycles. The van der Waals surface area contributed by atoms with Gasteiger partial charge in [0.05, 0.1) is 23.9 Å². The molecule has 2 aliphatic carbocycles. The summed E-state index contributed by atoms with van der Waals surface area (Å²) in [7, 11) is 1.62. The Morgan fingerprint density at radius 3 is 2.77 bits per heavy atom. The zero-order valence-electron chi connectivity index (χ0n) is 16.7. The molecule has 0 unspecified atom stereocenters. The minimum Gasteiger partial charge on any atom is -0.496 e. The van der Waals surface area contributed by atoms with E-state index in [1.54, 1.807) is 13.2 Å². The first-order valence-corrected chi connectivity index (χ1v) is 10.2. The topological polar surface area (TPSA) is 84.1 Å². The molecule has 6 nitrogen and oxygen atoms in total. The molecule has 0 radical (unpaired) electrons. The number of H-pyrrole nitrogens is 1. The van der Waals surface area contributed by atoms with Crippen molar-refractivity contribution in [3.63, 3.8) is 0 Å². The van der Waals surface area contributed by atoms with E-state index in [-0.39, 0.29) is 35.1 Å². The minimum atomic E-state index is -0.251. The largest absolute Gasteiger partial charge is 0.496 e. The molecule has 1 amide bonds. The maximum Gasteiger partial charge on any atom is 0.258 e. The van der Waals surface area contributed by atoms with Crippen LogP contribution in [0.15, 0.2) is 65.5 Å². The van der Waals surface area contributed by atoms with E-state index in [2.05, 4.69) is 22.5 Å². The number of carbonyl (C=O) groups excluding carboxylic acids is 1. The average Bonchev–Trinajstić information content (AvgIpc) is 3.39. The van der Waals surface area contributed by atoms with Crippen molar-refractivity contribution in [2.75, 3.05) is 7.11 Å². The summed E-state index contributed by atoms with van der Waals surface area (Å²) < 4.78 is 5.38. The molecule has 1 saturated carbocycles. The molecule has 0 spiro atoms. The van der Waals surface area contributed by atoms with E-state index in [4.69, 9.17) is 9.72 Å². The Morgan fingerprint density at radius 1 is 1.13 bits per heavy atom. The van der Waals surface area contributed by atoms with Crippen molar-refractivity contribution < 1.29 is 9.53 Å².